The molecular formula is C15H14N6O3. The number of fused-ring (bicyclic) bond motifs is 1. The smallest absolute Gasteiger partial charge is 0.277 e. The van der Waals surface area contributed by atoms with E-state index >= 15 is 0 Å². The fourth-order valence-corrected chi connectivity index (χ4v) is 2.16. The first-order valence-corrected chi connectivity index (χ1v) is 7.21. The maximum atomic E-state index is 12.3. The van der Waals surface area contributed by atoms with Crippen molar-refractivity contribution in [3.8, 4) is 0 Å². The van der Waals surface area contributed by atoms with Gasteiger partial charge in [0.2, 0.25) is 0 Å². The molecule has 9 heteroatoms. The molecule has 9 nitrogen and oxygen atoms in total. The van der Waals surface area contributed by atoms with E-state index in [0.29, 0.717) is 10.9 Å². The van der Waals surface area contributed by atoms with E-state index in [1.54, 1.807) is 24.3 Å². The molecule has 0 aliphatic carbocycles. The highest BCUT2D eigenvalue weighted by molar-refractivity contribution is 5.91. The second kappa shape index (κ2) is 6.41. The van der Waals surface area contributed by atoms with Crippen molar-refractivity contribution in [1.82, 2.24) is 30.1 Å². The number of aryl methyl sites for hydroxylation is 1. The third-order valence-corrected chi connectivity index (χ3v) is 3.43. The number of nitrogens with zero attached hydrogens (tertiary/aromatic N) is 5. The minimum Gasteiger partial charge on any atom is -0.349 e. The average Bonchev–Trinajstić information content (AvgIpc) is 2.59. The van der Waals surface area contributed by atoms with Gasteiger partial charge in [0.25, 0.3) is 17.0 Å². The van der Waals surface area contributed by atoms with Gasteiger partial charge in [0.1, 0.15) is 11.2 Å². The highest BCUT2D eigenvalue weighted by atomic mass is 16.2. The van der Waals surface area contributed by atoms with Crippen LogP contribution in [0, 0.1) is 0 Å². The lowest BCUT2D eigenvalue weighted by Gasteiger charge is -2.07. The third kappa shape index (κ3) is 3.05. The number of hydrogen-bond acceptors (Lipinski definition) is 6. The molecule has 0 atom stereocenters. The summed E-state index contributed by atoms with van der Waals surface area (Å²) >= 11 is 0. The quantitative estimate of drug-likeness (QED) is 0.679. The molecule has 0 bridgehead atoms. The molecule has 24 heavy (non-hydrogen) atoms. The van der Waals surface area contributed by atoms with E-state index in [2.05, 4.69) is 20.7 Å². The lowest BCUT2D eigenvalue weighted by molar-refractivity contribution is 0.0944. The van der Waals surface area contributed by atoms with Gasteiger partial charge in [0.15, 0.2) is 0 Å². The van der Waals surface area contributed by atoms with E-state index in [-0.39, 0.29) is 29.9 Å². The van der Waals surface area contributed by atoms with Crippen LogP contribution < -0.4 is 16.4 Å². The second-order valence-corrected chi connectivity index (χ2v) is 5.07. The summed E-state index contributed by atoms with van der Waals surface area (Å²) in [5.41, 5.74) is 0.0749. The molecule has 0 aliphatic rings. The van der Waals surface area contributed by atoms with E-state index < -0.39 is 5.91 Å². The first-order valence-electron chi connectivity index (χ1n) is 7.21. The van der Waals surface area contributed by atoms with Crippen LogP contribution in [0.4, 0.5) is 0 Å². The van der Waals surface area contributed by atoms with Gasteiger partial charge >= 0.3 is 0 Å². The Balaban J connectivity index is 1.69. The monoisotopic (exact) mass is 326 g/mol. The number of nitrogens with one attached hydrogen (secondary N) is 1. The van der Waals surface area contributed by atoms with Crippen molar-refractivity contribution in [2.24, 2.45) is 7.05 Å². The molecular weight excluding hydrogens is 312 g/mol. The SMILES string of the molecule is Cn1nc(C(=O)NCCn2nnc3ccccc3c2=O)ccc1=O. The summed E-state index contributed by atoms with van der Waals surface area (Å²) in [6, 6.07) is 9.53. The Labute approximate surface area is 135 Å². The lowest BCUT2D eigenvalue weighted by Crippen LogP contribution is -2.34. The fraction of sp³-hybridized carbons (Fsp3) is 0.200. The van der Waals surface area contributed by atoms with Crippen LogP contribution in [-0.2, 0) is 13.6 Å². The van der Waals surface area contributed by atoms with Crippen molar-refractivity contribution in [3.05, 3.63) is 62.8 Å². The summed E-state index contributed by atoms with van der Waals surface area (Å²) in [5.74, 6) is -0.438. The van der Waals surface area contributed by atoms with E-state index in [4.69, 9.17) is 0 Å². The molecule has 1 N–H and O–H groups in total. The number of aromatic nitrogens is 5. The maximum absolute atomic E-state index is 12.3. The predicted octanol–water partition coefficient (Wildman–Crippen LogP) is -0.685. The van der Waals surface area contributed by atoms with E-state index in [1.165, 1.54) is 23.9 Å². The Bertz CT molecular complexity index is 1020. The molecule has 1 aromatic carbocycles. The molecule has 3 aromatic rings. The normalized spacial score (nSPS) is 10.7. The molecule has 2 aromatic heterocycles. The molecule has 0 aliphatic heterocycles. The first-order chi connectivity index (χ1) is 11.6. The van der Waals surface area contributed by atoms with E-state index in [0.717, 1.165) is 4.68 Å². The van der Waals surface area contributed by atoms with Gasteiger partial charge in [0.05, 0.1) is 11.9 Å². The van der Waals surface area contributed by atoms with Gasteiger partial charge in [0, 0.05) is 19.7 Å². The maximum Gasteiger partial charge on any atom is 0.277 e. The predicted molar refractivity (Wildman–Crippen MR) is 85.6 cm³/mol. The zero-order valence-corrected chi connectivity index (χ0v) is 12.8. The van der Waals surface area contributed by atoms with Gasteiger partial charge in [-0.25, -0.2) is 9.36 Å². The van der Waals surface area contributed by atoms with Gasteiger partial charge in [-0.1, -0.05) is 17.3 Å². The lowest BCUT2D eigenvalue weighted by atomic mass is 10.2. The topological polar surface area (TPSA) is 112 Å². The molecule has 0 saturated heterocycles. The summed E-state index contributed by atoms with van der Waals surface area (Å²) in [4.78, 5) is 35.5. The number of benzene rings is 1. The van der Waals surface area contributed by atoms with Crippen molar-refractivity contribution < 1.29 is 4.79 Å². The Morgan fingerprint density at radius 3 is 2.75 bits per heavy atom. The van der Waals surface area contributed by atoms with Gasteiger partial charge in [-0.05, 0) is 18.2 Å². The van der Waals surface area contributed by atoms with Crippen LogP contribution in [0.3, 0.4) is 0 Å². The molecule has 2 heterocycles. The van der Waals surface area contributed by atoms with Crippen LogP contribution in [0.1, 0.15) is 10.5 Å². The molecule has 122 valence electrons. The van der Waals surface area contributed by atoms with Crippen LogP contribution in [0.25, 0.3) is 10.9 Å². The Morgan fingerprint density at radius 2 is 1.96 bits per heavy atom. The highest BCUT2D eigenvalue weighted by Gasteiger charge is 2.09. The number of carbonyl (C=O) groups excluding carboxylic acids is 1. The Kier molecular flexibility index (Phi) is 4.15. The molecule has 0 fully saturated rings. The zero-order chi connectivity index (χ0) is 17.1. The number of hydrogen-bond donors (Lipinski definition) is 1. The van der Waals surface area contributed by atoms with Gasteiger partial charge in [-0.15, -0.1) is 5.10 Å². The van der Waals surface area contributed by atoms with E-state index in [1.807, 2.05) is 0 Å². The Morgan fingerprint density at radius 1 is 1.17 bits per heavy atom. The number of carbonyl (C=O) groups is 1. The molecule has 0 saturated carbocycles. The van der Waals surface area contributed by atoms with Crippen LogP contribution in [0.2, 0.25) is 0 Å². The first kappa shape index (κ1) is 15.5. The Hall–Kier alpha value is -3.36. The van der Waals surface area contributed by atoms with Gasteiger partial charge in [-0.2, -0.15) is 5.10 Å². The molecule has 0 spiro atoms. The standard InChI is InChI=1S/C15H14N6O3/c1-20-13(22)7-6-12(18-20)14(23)16-8-9-21-15(24)10-4-2-3-5-11(10)17-19-21/h2-7H,8-9H2,1H3,(H,16,23). The average molecular weight is 326 g/mol. The molecule has 3 rings (SSSR count). The summed E-state index contributed by atoms with van der Waals surface area (Å²) in [5, 5.41) is 14.8. The van der Waals surface area contributed by atoms with Crippen molar-refractivity contribution >= 4 is 16.8 Å². The van der Waals surface area contributed by atoms with Crippen LogP contribution in [0.5, 0.6) is 0 Å². The highest BCUT2D eigenvalue weighted by Crippen LogP contribution is 2.03. The molecule has 0 radical (unpaired) electrons. The largest absolute Gasteiger partial charge is 0.349 e. The summed E-state index contributed by atoms with van der Waals surface area (Å²) < 4.78 is 2.27. The fourth-order valence-electron chi connectivity index (χ4n) is 2.16. The second-order valence-electron chi connectivity index (χ2n) is 5.07. The minimum atomic E-state index is -0.438. The summed E-state index contributed by atoms with van der Waals surface area (Å²) in [7, 11) is 1.46. The molecule has 0 unspecified atom stereocenters. The van der Waals surface area contributed by atoms with Crippen molar-refractivity contribution in [2.75, 3.05) is 6.54 Å². The zero-order valence-electron chi connectivity index (χ0n) is 12.8. The van der Waals surface area contributed by atoms with Crippen LogP contribution in [-0.4, -0.2) is 37.2 Å². The van der Waals surface area contributed by atoms with Crippen LogP contribution in [0.15, 0.2) is 46.0 Å². The summed E-state index contributed by atoms with van der Waals surface area (Å²) in [6.45, 7) is 0.352. The van der Waals surface area contributed by atoms with Gasteiger partial charge < -0.3 is 5.32 Å². The summed E-state index contributed by atoms with van der Waals surface area (Å²) in [6.07, 6.45) is 0. The third-order valence-electron chi connectivity index (χ3n) is 3.43. The number of rotatable bonds is 4. The van der Waals surface area contributed by atoms with Crippen molar-refractivity contribution in [3.63, 3.8) is 0 Å². The molecule has 1 amide bonds. The van der Waals surface area contributed by atoms with Crippen LogP contribution >= 0.6 is 0 Å². The number of amides is 1. The van der Waals surface area contributed by atoms with E-state index in [9.17, 15) is 14.4 Å². The van der Waals surface area contributed by atoms with Gasteiger partial charge in [-0.3, -0.25) is 14.4 Å². The van der Waals surface area contributed by atoms with Crippen molar-refractivity contribution in [2.45, 2.75) is 6.54 Å². The minimum absolute atomic E-state index is 0.119. The van der Waals surface area contributed by atoms with Crippen molar-refractivity contribution in [1.29, 1.82) is 0 Å².